The van der Waals surface area contributed by atoms with Crippen molar-refractivity contribution in [2.24, 2.45) is 0 Å². The van der Waals surface area contributed by atoms with Gasteiger partial charge in [-0.05, 0) is 36.4 Å². The first-order valence-electron chi connectivity index (χ1n) is 6.37. The van der Waals surface area contributed by atoms with Crippen LogP contribution in [0.2, 0.25) is 0 Å². The van der Waals surface area contributed by atoms with Crippen LogP contribution in [0.1, 0.15) is 13.3 Å². The molecule has 0 saturated heterocycles. The van der Waals surface area contributed by atoms with E-state index in [0.29, 0.717) is 5.69 Å². The zero-order chi connectivity index (χ0) is 14.4. The number of hydrogen-bond acceptors (Lipinski definition) is 4. The topological polar surface area (TPSA) is 56.2 Å². The van der Waals surface area contributed by atoms with E-state index in [-0.39, 0.29) is 0 Å². The molecule has 0 unspecified atom stereocenters. The van der Waals surface area contributed by atoms with Gasteiger partial charge in [0.1, 0.15) is 5.03 Å². The number of aromatic nitrogens is 2. The Balaban J connectivity index is 2.13. The average molecular weight is 291 g/mol. The number of methoxy groups -OCH3 is 1. The van der Waals surface area contributed by atoms with Gasteiger partial charge in [-0.15, -0.1) is 11.8 Å². The van der Waals surface area contributed by atoms with Crippen LogP contribution >= 0.6 is 11.8 Å². The lowest BCUT2D eigenvalue weighted by molar-refractivity contribution is 0.187. The molecule has 1 aromatic carbocycles. The minimum absolute atomic E-state index is 0.484. The molecular weight excluding hydrogens is 274 g/mol. The molecule has 1 heterocycles. The summed E-state index contributed by atoms with van der Waals surface area (Å²) in [4.78, 5) is 11.2. The summed E-state index contributed by atoms with van der Waals surface area (Å²) >= 11 is 1.73. The van der Waals surface area contributed by atoms with Gasteiger partial charge in [0.25, 0.3) is 0 Å². The molecule has 1 aromatic heterocycles. The molecule has 6 heteroatoms. The fourth-order valence-electron chi connectivity index (χ4n) is 1.63. The largest absolute Gasteiger partial charge is 0.453 e. The third-order valence-electron chi connectivity index (χ3n) is 2.56. The van der Waals surface area contributed by atoms with Gasteiger partial charge < -0.3 is 4.74 Å². The second-order valence-corrected chi connectivity index (χ2v) is 5.23. The number of carbonyl (C=O) groups excluding carboxylic acids is 1. The van der Waals surface area contributed by atoms with E-state index >= 15 is 0 Å². The molecule has 0 fully saturated rings. The van der Waals surface area contributed by atoms with E-state index in [1.807, 2.05) is 30.5 Å². The van der Waals surface area contributed by atoms with Crippen LogP contribution in [0.3, 0.4) is 0 Å². The Kier molecular flexibility index (Phi) is 5.06. The van der Waals surface area contributed by atoms with Gasteiger partial charge in [-0.3, -0.25) is 5.32 Å². The fourth-order valence-corrected chi connectivity index (χ4v) is 2.35. The van der Waals surface area contributed by atoms with Crippen molar-refractivity contribution in [3.05, 3.63) is 36.5 Å². The predicted octanol–water partition coefficient (Wildman–Crippen LogP) is 3.55. The molecule has 0 aliphatic rings. The second kappa shape index (κ2) is 7.00. The normalized spacial score (nSPS) is 10.3. The van der Waals surface area contributed by atoms with Crippen LogP contribution < -0.4 is 5.32 Å². The van der Waals surface area contributed by atoms with Gasteiger partial charge in [-0.25, -0.2) is 9.48 Å². The van der Waals surface area contributed by atoms with E-state index in [2.05, 4.69) is 22.1 Å². The lowest BCUT2D eigenvalue weighted by Crippen LogP contribution is -2.11. The number of thioether (sulfide) groups is 1. The summed E-state index contributed by atoms with van der Waals surface area (Å²) in [6.07, 6.45) is 2.55. The number of amides is 1. The van der Waals surface area contributed by atoms with Crippen molar-refractivity contribution in [1.29, 1.82) is 0 Å². The Labute approximate surface area is 122 Å². The summed E-state index contributed by atoms with van der Waals surface area (Å²) in [5.74, 6) is 1.06. The van der Waals surface area contributed by atoms with Crippen molar-refractivity contribution >= 4 is 23.5 Å². The van der Waals surface area contributed by atoms with Gasteiger partial charge in [0.05, 0.1) is 12.8 Å². The van der Waals surface area contributed by atoms with Gasteiger partial charge >= 0.3 is 6.09 Å². The number of rotatable bonds is 5. The maximum Gasteiger partial charge on any atom is 0.411 e. The van der Waals surface area contributed by atoms with Crippen molar-refractivity contribution in [2.45, 2.75) is 18.4 Å². The molecule has 0 radical (unpaired) electrons. The van der Waals surface area contributed by atoms with Crippen LogP contribution in [-0.4, -0.2) is 28.7 Å². The minimum atomic E-state index is -0.484. The number of anilines is 1. The zero-order valence-corrected chi connectivity index (χ0v) is 12.3. The Bertz CT molecular complexity index is 583. The average Bonchev–Trinajstić information content (AvgIpc) is 2.94. The highest BCUT2D eigenvalue weighted by Crippen LogP contribution is 2.19. The third-order valence-corrected chi connectivity index (χ3v) is 3.69. The molecule has 2 aromatic rings. The van der Waals surface area contributed by atoms with Crippen molar-refractivity contribution < 1.29 is 9.53 Å². The van der Waals surface area contributed by atoms with Gasteiger partial charge in [0.2, 0.25) is 0 Å². The lowest BCUT2D eigenvalue weighted by atomic mass is 10.3. The highest BCUT2D eigenvalue weighted by molar-refractivity contribution is 7.99. The van der Waals surface area contributed by atoms with E-state index in [1.54, 1.807) is 22.5 Å². The molecule has 1 N–H and O–H groups in total. The number of benzene rings is 1. The van der Waals surface area contributed by atoms with E-state index in [4.69, 9.17) is 0 Å². The number of hydrogen-bond donors (Lipinski definition) is 1. The third kappa shape index (κ3) is 3.77. The molecule has 0 aliphatic heterocycles. The summed E-state index contributed by atoms with van der Waals surface area (Å²) in [6.45, 7) is 2.14. The molecule has 1 amide bonds. The maximum absolute atomic E-state index is 11.2. The van der Waals surface area contributed by atoms with E-state index in [0.717, 1.165) is 22.9 Å². The van der Waals surface area contributed by atoms with E-state index in [1.165, 1.54) is 7.11 Å². The molecule has 20 heavy (non-hydrogen) atoms. The SMILES string of the molecule is CCCSc1ccn(-c2cccc(NC(=O)OC)c2)n1. The molecule has 0 aliphatic carbocycles. The Morgan fingerprint density at radius 2 is 2.30 bits per heavy atom. The standard InChI is InChI=1S/C14H17N3O2S/c1-3-9-20-13-7-8-17(16-13)12-6-4-5-11(10-12)15-14(18)19-2/h4-8,10H,3,9H2,1-2H3,(H,15,18). The maximum atomic E-state index is 11.2. The van der Waals surface area contributed by atoms with E-state index < -0.39 is 6.09 Å². The quantitative estimate of drug-likeness (QED) is 0.856. The van der Waals surface area contributed by atoms with E-state index in [9.17, 15) is 4.79 Å². The van der Waals surface area contributed by atoms with Crippen LogP contribution in [0.15, 0.2) is 41.6 Å². The first kappa shape index (κ1) is 14.5. The van der Waals surface area contributed by atoms with Crippen LogP contribution in [0.5, 0.6) is 0 Å². The predicted molar refractivity (Wildman–Crippen MR) is 80.6 cm³/mol. The summed E-state index contributed by atoms with van der Waals surface area (Å²) in [6, 6.07) is 9.43. The molecule has 2 rings (SSSR count). The molecule has 106 valence electrons. The van der Waals surface area contributed by atoms with Gasteiger partial charge in [-0.1, -0.05) is 13.0 Å². The number of nitrogens with one attached hydrogen (secondary N) is 1. The lowest BCUT2D eigenvalue weighted by Gasteiger charge is -2.06. The fraction of sp³-hybridized carbons (Fsp3) is 0.286. The summed E-state index contributed by atoms with van der Waals surface area (Å²) in [5.41, 5.74) is 1.56. The second-order valence-electron chi connectivity index (χ2n) is 4.11. The highest BCUT2D eigenvalue weighted by atomic mass is 32.2. The van der Waals surface area contributed by atoms with Crippen LogP contribution in [0.4, 0.5) is 10.5 Å². The van der Waals surface area contributed by atoms with Gasteiger partial charge in [-0.2, -0.15) is 5.10 Å². The molecule has 0 spiro atoms. The molecule has 5 nitrogen and oxygen atoms in total. The summed E-state index contributed by atoms with van der Waals surface area (Å²) in [7, 11) is 1.34. The van der Waals surface area contributed by atoms with Gasteiger partial charge in [0.15, 0.2) is 0 Å². The van der Waals surface area contributed by atoms with Crippen LogP contribution in [0, 0.1) is 0 Å². The first-order chi connectivity index (χ1) is 9.72. The van der Waals surface area contributed by atoms with Crippen molar-refractivity contribution in [3.8, 4) is 5.69 Å². The molecule has 0 bridgehead atoms. The minimum Gasteiger partial charge on any atom is -0.453 e. The monoisotopic (exact) mass is 291 g/mol. The molecule has 0 saturated carbocycles. The summed E-state index contributed by atoms with van der Waals surface area (Å²) < 4.78 is 6.36. The highest BCUT2D eigenvalue weighted by Gasteiger charge is 2.04. The Morgan fingerprint density at radius 1 is 1.45 bits per heavy atom. The van der Waals surface area contributed by atoms with Crippen LogP contribution in [0.25, 0.3) is 5.69 Å². The van der Waals surface area contributed by atoms with Crippen molar-refractivity contribution in [1.82, 2.24) is 9.78 Å². The number of nitrogens with zero attached hydrogens (tertiary/aromatic N) is 2. The van der Waals surface area contributed by atoms with Crippen molar-refractivity contribution in [3.63, 3.8) is 0 Å². The van der Waals surface area contributed by atoms with Crippen LogP contribution in [-0.2, 0) is 4.74 Å². The smallest absolute Gasteiger partial charge is 0.411 e. The number of carbonyl (C=O) groups is 1. The number of ether oxygens (including phenoxy) is 1. The Hall–Kier alpha value is -1.95. The van der Waals surface area contributed by atoms with Crippen molar-refractivity contribution in [2.75, 3.05) is 18.2 Å². The Morgan fingerprint density at radius 3 is 3.05 bits per heavy atom. The first-order valence-corrected chi connectivity index (χ1v) is 7.35. The molecular formula is C14H17N3O2S. The van der Waals surface area contributed by atoms with Gasteiger partial charge in [0, 0.05) is 11.9 Å². The molecule has 0 atom stereocenters. The summed E-state index contributed by atoms with van der Waals surface area (Å²) in [5, 5.41) is 8.13. The zero-order valence-electron chi connectivity index (χ0n) is 11.5.